The van der Waals surface area contributed by atoms with Crippen molar-refractivity contribution in [1.29, 1.82) is 0 Å². The van der Waals surface area contributed by atoms with Gasteiger partial charge in [0, 0.05) is 18.5 Å². The summed E-state index contributed by atoms with van der Waals surface area (Å²) in [4.78, 5) is 23.4. The van der Waals surface area contributed by atoms with Gasteiger partial charge in [0.05, 0.1) is 11.3 Å². The van der Waals surface area contributed by atoms with Gasteiger partial charge < -0.3 is 10.2 Å². The lowest BCUT2D eigenvalue weighted by Gasteiger charge is -2.09. The number of aryl methyl sites for hydroxylation is 2. The quantitative estimate of drug-likeness (QED) is 0.527. The third-order valence-corrected chi connectivity index (χ3v) is 5.21. The molecule has 0 amide bonds. The summed E-state index contributed by atoms with van der Waals surface area (Å²) in [6.07, 6.45) is 3.20. The number of rotatable bonds is 9. The monoisotopic (exact) mass is 406 g/mol. The molecular weight excluding hydrogens is 380 g/mol. The van der Waals surface area contributed by atoms with E-state index in [0.29, 0.717) is 18.5 Å². The molecule has 0 aliphatic rings. The van der Waals surface area contributed by atoms with Gasteiger partial charge in [-0.05, 0) is 42.5 Å². The number of carbonyl (C=O) groups is 2. The highest BCUT2D eigenvalue weighted by atomic mass is 16.4. The molecule has 0 bridgehead atoms. The van der Waals surface area contributed by atoms with Crippen molar-refractivity contribution in [2.45, 2.75) is 46.1 Å². The van der Waals surface area contributed by atoms with Crippen LogP contribution < -0.4 is 0 Å². The lowest BCUT2D eigenvalue weighted by molar-refractivity contribution is 0.0676. The molecule has 1 aromatic heterocycles. The maximum absolute atomic E-state index is 11.9. The SMILES string of the molecule is CCCCc1nn(CC)c(C(=O)O)c1Cc1ccc(-c2ccccc2C(=O)O)cc1. The summed E-state index contributed by atoms with van der Waals surface area (Å²) in [6.45, 7) is 4.50. The fourth-order valence-corrected chi connectivity index (χ4v) is 3.68. The molecule has 0 fully saturated rings. The van der Waals surface area contributed by atoms with Crippen molar-refractivity contribution < 1.29 is 19.8 Å². The number of hydrogen-bond acceptors (Lipinski definition) is 3. The average molecular weight is 406 g/mol. The topological polar surface area (TPSA) is 92.4 Å². The first kappa shape index (κ1) is 21.3. The molecule has 0 aliphatic carbocycles. The Balaban J connectivity index is 1.95. The van der Waals surface area contributed by atoms with Crippen molar-refractivity contribution in [2.24, 2.45) is 0 Å². The van der Waals surface area contributed by atoms with Crippen LogP contribution in [0.4, 0.5) is 0 Å². The van der Waals surface area contributed by atoms with Crippen molar-refractivity contribution in [2.75, 3.05) is 0 Å². The second-order valence-corrected chi connectivity index (χ2v) is 7.22. The van der Waals surface area contributed by atoms with E-state index in [1.807, 2.05) is 37.3 Å². The maximum Gasteiger partial charge on any atom is 0.354 e. The number of carboxylic acids is 2. The van der Waals surface area contributed by atoms with Crippen molar-refractivity contribution in [3.8, 4) is 11.1 Å². The van der Waals surface area contributed by atoms with Gasteiger partial charge in [-0.1, -0.05) is 55.8 Å². The molecule has 156 valence electrons. The first-order chi connectivity index (χ1) is 14.5. The van der Waals surface area contributed by atoms with Gasteiger partial charge in [-0.25, -0.2) is 9.59 Å². The number of aromatic nitrogens is 2. The molecular formula is C24H26N2O4. The summed E-state index contributed by atoms with van der Waals surface area (Å²) in [6, 6.07) is 14.5. The van der Waals surface area contributed by atoms with E-state index in [-0.39, 0.29) is 11.3 Å². The molecule has 3 rings (SSSR count). The van der Waals surface area contributed by atoms with Crippen LogP contribution in [0.3, 0.4) is 0 Å². The molecule has 0 radical (unpaired) electrons. The molecule has 6 heteroatoms. The summed E-state index contributed by atoms with van der Waals surface area (Å²) >= 11 is 0. The minimum Gasteiger partial charge on any atom is -0.478 e. The van der Waals surface area contributed by atoms with E-state index >= 15 is 0 Å². The first-order valence-electron chi connectivity index (χ1n) is 10.2. The predicted octanol–water partition coefficient (Wildman–Crippen LogP) is 4.90. The molecule has 3 aromatic rings. The third kappa shape index (κ3) is 4.43. The Bertz CT molecular complexity index is 1050. The highest BCUT2D eigenvalue weighted by Gasteiger charge is 2.22. The van der Waals surface area contributed by atoms with Crippen LogP contribution in [0.5, 0.6) is 0 Å². The Kier molecular flexibility index (Phi) is 6.67. The zero-order valence-electron chi connectivity index (χ0n) is 17.3. The second kappa shape index (κ2) is 9.39. The Morgan fingerprint density at radius 1 is 0.967 bits per heavy atom. The van der Waals surface area contributed by atoms with Crippen LogP contribution in [0.15, 0.2) is 48.5 Å². The van der Waals surface area contributed by atoms with Gasteiger partial charge in [-0.15, -0.1) is 0 Å². The lowest BCUT2D eigenvalue weighted by Crippen LogP contribution is -2.10. The number of carboxylic acid groups (broad SMARTS) is 2. The van der Waals surface area contributed by atoms with Crippen LogP contribution in [-0.4, -0.2) is 31.9 Å². The fourth-order valence-electron chi connectivity index (χ4n) is 3.68. The van der Waals surface area contributed by atoms with Crippen LogP contribution in [-0.2, 0) is 19.4 Å². The second-order valence-electron chi connectivity index (χ2n) is 7.22. The molecule has 6 nitrogen and oxygen atoms in total. The molecule has 0 aliphatic heterocycles. The largest absolute Gasteiger partial charge is 0.478 e. The van der Waals surface area contributed by atoms with Crippen LogP contribution in [0.2, 0.25) is 0 Å². The Morgan fingerprint density at radius 2 is 1.67 bits per heavy atom. The molecule has 0 unspecified atom stereocenters. The Hall–Kier alpha value is -3.41. The lowest BCUT2D eigenvalue weighted by atomic mass is 9.96. The molecule has 2 N–H and O–H groups in total. The van der Waals surface area contributed by atoms with Crippen molar-refractivity contribution in [3.05, 3.63) is 76.6 Å². The molecule has 0 saturated heterocycles. The maximum atomic E-state index is 11.9. The van der Waals surface area contributed by atoms with E-state index < -0.39 is 11.9 Å². The van der Waals surface area contributed by atoms with Gasteiger partial charge in [0.1, 0.15) is 5.69 Å². The molecule has 0 saturated carbocycles. The molecule has 0 spiro atoms. The van der Waals surface area contributed by atoms with E-state index in [9.17, 15) is 19.8 Å². The van der Waals surface area contributed by atoms with Crippen LogP contribution >= 0.6 is 0 Å². The van der Waals surface area contributed by atoms with Crippen molar-refractivity contribution >= 4 is 11.9 Å². The molecule has 30 heavy (non-hydrogen) atoms. The van der Waals surface area contributed by atoms with Gasteiger partial charge in [-0.2, -0.15) is 5.10 Å². The summed E-state index contributed by atoms with van der Waals surface area (Å²) in [5, 5.41) is 23.7. The van der Waals surface area contributed by atoms with Crippen molar-refractivity contribution in [3.63, 3.8) is 0 Å². The van der Waals surface area contributed by atoms with Gasteiger partial charge in [0.15, 0.2) is 0 Å². The third-order valence-electron chi connectivity index (χ3n) is 5.21. The first-order valence-corrected chi connectivity index (χ1v) is 10.2. The van der Waals surface area contributed by atoms with Crippen LogP contribution in [0.1, 0.15) is 64.4 Å². The Morgan fingerprint density at radius 3 is 2.27 bits per heavy atom. The number of nitrogens with zero attached hydrogens (tertiary/aromatic N) is 2. The molecule has 0 atom stereocenters. The minimum atomic E-state index is -0.965. The minimum absolute atomic E-state index is 0.254. The fraction of sp³-hybridized carbons (Fsp3) is 0.292. The summed E-state index contributed by atoms with van der Waals surface area (Å²) in [5.41, 5.74) is 4.54. The van der Waals surface area contributed by atoms with Crippen LogP contribution in [0.25, 0.3) is 11.1 Å². The van der Waals surface area contributed by atoms with Gasteiger partial charge in [0.2, 0.25) is 0 Å². The summed E-state index contributed by atoms with van der Waals surface area (Å²) < 4.78 is 1.57. The van der Waals surface area contributed by atoms with E-state index in [4.69, 9.17) is 0 Å². The highest BCUT2D eigenvalue weighted by Crippen LogP contribution is 2.26. The van der Waals surface area contributed by atoms with Crippen LogP contribution in [0, 0.1) is 0 Å². The average Bonchev–Trinajstić information content (AvgIpc) is 3.10. The van der Waals surface area contributed by atoms with E-state index in [1.165, 1.54) is 0 Å². The highest BCUT2D eigenvalue weighted by molar-refractivity contribution is 5.96. The van der Waals surface area contributed by atoms with Gasteiger partial charge in [-0.3, -0.25) is 4.68 Å². The number of hydrogen-bond donors (Lipinski definition) is 2. The molecule has 2 aromatic carbocycles. The number of benzene rings is 2. The van der Waals surface area contributed by atoms with Gasteiger partial charge in [0.25, 0.3) is 0 Å². The summed E-state index contributed by atoms with van der Waals surface area (Å²) in [5.74, 6) is -1.93. The zero-order chi connectivity index (χ0) is 21.7. The van der Waals surface area contributed by atoms with Gasteiger partial charge >= 0.3 is 11.9 Å². The van der Waals surface area contributed by atoms with E-state index in [2.05, 4.69) is 12.0 Å². The van der Waals surface area contributed by atoms with E-state index in [0.717, 1.165) is 41.6 Å². The number of aromatic carboxylic acids is 2. The molecule has 1 heterocycles. The predicted molar refractivity (Wildman–Crippen MR) is 115 cm³/mol. The van der Waals surface area contributed by atoms with Crippen molar-refractivity contribution in [1.82, 2.24) is 9.78 Å². The Labute approximate surface area is 175 Å². The zero-order valence-corrected chi connectivity index (χ0v) is 17.3. The number of unbranched alkanes of at least 4 members (excludes halogenated alkanes) is 1. The standard InChI is InChI=1S/C24H26N2O4/c1-3-5-10-21-20(22(24(29)30)26(4-2)25-21)15-16-11-13-17(14-12-16)18-8-6-7-9-19(18)23(27)28/h6-9,11-14H,3-5,10,15H2,1-2H3,(H,27,28)(H,29,30). The summed E-state index contributed by atoms with van der Waals surface area (Å²) in [7, 11) is 0. The smallest absolute Gasteiger partial charge is 0.354 e. The normalized spacial score (nSPS) is 10.9. The van der Waals surface area contributed by atoms with E-state index in [1.54, 1.807) is 22.9 Å².